The highest BCUT2D eigenvalue weighted by Gasteiger charge is 2.09. The first-order valence-electron chi connectivity index (χ1n) is 7.75. The zero-order chi connectivity index (χ0) is 18.1. The van der Waals surface area contributed by atoms with Crippen LogP contribution in [0.1, 0.15) is 18.1 Å². The van der Waals surface area contributed by atoms with E-state index >= 15 is 0 Å². The van der Waals surface area contributed by atoms with Crippen molar-refractivity contribution in [3.05, 3.63) is 58.1 Å². The summed E-state index contributed by atoms with van der Waals surface area (Å²) in [6.45, 7) is 3.13. The first kappa shape index (κ1) is 19.2. The summed E-state index contributed by atoms with van der Waals surface area (Å²) >= 11 is 8.51. The second kappa shape index (κ2) is 10.0. The van der Waals surface area contributed by atoms with Gasteiger partial charge in [0, 0.05) is 16.6 Å². The number of thiocarbonyl (C=S) groups is 1. The molecule has 2 rings (SSSR count). The van der Waals surface area contributed by atoms with Gasteiger partial charge in [0.2, 0.25) is 0 Å². The van der Waals surface area contributed by atoms with Gasteiger partial charge in [-0.25, -0.2) is 0 Å². The Balaban J connectivity index is 2.13. The average molecular weight is 422 g/mol. The fraction of sp³-hybridized carbons (Fsp3) is 0.222. The minimum atomic E-state index is 0.428. The molecule has 0 fully saturated rings. The number of hydrogen-bond acceptors (Lipinski definition) is 4. The van der Waals surface area contributed by atoms with E-state index in [4.69, 9.17) is 21.7 Å². The van der Waals surface area contributed by atoms with Gasteiger partial charge in [0.1, 0.15) is 6.61 Å². The maximum absolute atomic E-state index is 5.98. The molecular formula is C18H20BrN3O2S. The van der Waals surface area contributed by atoms with E-state index < -0.39 is 0 Å². The van der Waals surface area contributed by atoms with Gasteiger partial charge in [-0.2, -0.15) is 5.10 Å². The SMILES string of the molecule is CCNC(=S)N/N=C\c1cccc(OC)c1OCc1ccc(Br)cc1. The lowest BCUT2D eigenvalue weighted by atomic mass is 10.2. The lowest BCUT2D eigenvalue weighted by molar-refractivity contribution is 0.284. The zero-order valence-electron chi connectivity index (χ0n) is 14.1. The fourth-order valence-electron chi connectivity index (χ4n) is 2.05. The summed E-state index contributed by atoms with van der Waals surface area (Å²) < 4.78 is 12.4. The normalized spacial score (nSPS) is 10.5. The Morgan fingerprint density at radius 2 is 2.00 bits per heavy atom. The number of nitrogens with zero attached hydrogens (tertiary/aromatic N) is 1. The highest BCUT2D eigenvalue weighted by atomic mass is 79.9. The molecule has 0 unspecified atom stereocenters. The molecular weight excluding hydrogens is 402 g/mol. The second-order valence-electron chi connectivity index (χ2n) is 5.02. The summed E-state index contributed by atoms with van der Waals surface area (Å²) in [6.07, 6.45) is 1.66. The Morgan fingerprint density at radius 1 is 1.24 bits per heavy atom. The summed E-state index contributed by atoms with van der Waals surface area (Å²) in [7, 11) is 1.61. The van der Waals surface area contributed by atoms with Gasteiger partial charge in [0.15, 0.2) is 16.6 Å². The predicted molar refractivity (Wildman–Crippen MR) is 108 cm³/mol. The molecule has 2 aromatic carbocycles. The third-order valence-corrected chi connectivity index (χ3v) is 4.00. The maximum Gasteiger partial charge on any atom is 0.186 e. The Hall–Kier alpha value is -2.12. The zero-order valence-corrected chi connectivity index (χ0v) is 16.5. The van der Waals surface area contributed by atoms with E-state index in [1.807, 2.05) is 49.4 Å². The number of benzene rings is 2. The average Bonchev–Trinajstić information content (AvgIpc) is 2.62. The largest absolute Gasteiger partial charge is 0.493 e. The van der Waals surface area contributed by atoms with Gasteiger partial charge in [0.05, 0.1) is 13.3 Å². The monoisotopic (exact) mass is 421 g/mol. The van der Waals surface area contributed by atoms with E-state index in [0.717, 1.165) is 22.1 Å². The van der Waals surface area contributed by atoms with Crippen LogP contribution in [0.15, 0.2) is 52.0 Å². The van der Waals surface area contributed by atoms with Crippen LogP contribution in [0.2, 0.25) is 0 Å². The molecule has 0 aliphatic carbocycles. The number of nitrogens with one attached hydrogen (secondary N) is 2. The highest BCUT2D eigenvalue weighted by molar-refractivity contribution is 9.10. The number of halogens is 1. The summed E-state index contributed by atoms with van der Waals surface area (Å²) in [5, 5.41) is 7.58. The lowest BCUT2D eigenvalue weighted by Gasteiger charge is -2.13. The van der Waals surface area contributed by atoms with Crippen LogP contribution >= 0.6 is 28.1 Å². The third-order valence-electron chi connectivity index (χ3n) is 3.23. The van der Waals surface area contributed by atoms with Crippen LogP contribution in [0.25, 0.3) is 0 Å². The van der Waals surface area contributed by atoms with Crippen LogP contribution in [-0.4, -0.2) is 25.0 Å². The van der Waals surface area contributed by atoms with Crippen molar-refractivity contribution in [2.45, 2.75) is 13.5 Å². The minimum Gasteiger partial charge on any atom is -0.493 e. The van der Waals surface area contributed by atoms with Crippen molar-refractivity contribution in [2.24, 2.45) is 5.10 Å². The summed E-state index contributed by atoms with van der Waals surface area (Å²) in [5.41, 5.74) is 4.62. The van der Waals surface area contributed by atoms with E-state index in [0.29, 0.717) is 23.2 Å². The molecule has 5 nitrogen and oxygen atoms in total. The first-order chi connectivity index (χ1) is 12.1. The molecule has 2 aromatic rings. The molecule has 0 aliphatic rings. The summed E-state index contributed by atoms with van der Waals surface area (Å²) in [6, 6.07) is 13.6. The van der Waals surface area contributed by atoms with Gasteiger partial charge in [-0.15, -0.1) is 0 Å². The Bertz CT molecular complexity index is 736. The Labute approximate surface area is 161 Å². The number of methoxy groups -OCH3 is 1. The Morgan fingerprint density at radius 3 is 2.68 bits per heavy atom. The van der Waals surface area contributed by atoms with E-state index in [2.05, 4.69) is 31.8 Å². The number of hydrazone groups is 1. The predicted octanol–water partition coefficient (Wildman–Crippen LogP) is 3.85. The molecule has 0 saturated heterocycles. The molecule has 0 saturated carbocycles. The van der Waals surface area contributed by atoms with Crippen LogP contribution < -0.4 is 20.2 Å². The molecule has 0 spiro atoms. The van der Waals surface area contributed by atoms with Crippen molar-refractivity contribution in [3.8, 4) is 11.5 Å². The number of ether oxygens (including phenoxy) is 2. The van der Waals surface area contributed by atoms with Crippen LogP contribution in [0.4, 0.5) is 0 Å². The number of rotatable bonds is 7. The molecule has 132 valence electrons. The molecule has 7 heteroatoms. The van der Waals surface area contributed by atoms with Gasteiger partial charge in [-0.1, -0.05) is 34.1 Å². The molecule has 0 radical (unpaired) electrons. The van der Waals surface area contributed by atoms with Crippen molar-refractivity contribution >= 4 is 39.5 Å². The maximum atomic E-state index is 5.98. The topological polar surface area (TPSA) is 54.9 Å². The number of hydrogen-bond donors (Lipinski definition) is 2. The second-order valence-corrected chi connectivity index (χ2v) is 6.35. The van der Waals surface area contributed by atoms with Crippen molar-refractivity contribution in [1.29, 1.82) is 0 Å². The van der Waals surface area contributed by atoms with Crippen LogP contribution in [0, 0.1) is 0 Å². The van der Waals surface area contributed by atoms with Crippen molar-refractivity contribution < 1.29 is 9.47 Å². The van der Waals surface area contributed by atoms with Gasteiger partial charge in [0.25, 0.3) is 0 Å². The quantitative estimate of drug-likeness (QED) is 0.403. The van der Waals surface area contributed by atoms with Crippen molar-refractivity contribution in [3.63, 3.8) is 0 Å². The Kier molecular flexibility index (Phi) is 7.69. The van der Waals surface area contributed by atoms with Crippen LogP contribution in [0.5, 0.6) is 11.5 Å². The van der Waals surface area contributed by atoms with Gasteiger partial charge >= 0.3 is 0 Å². The van der Waals surface area contributed by atoms with E-state index in [9.17, 15) is 0 Å². The third kappa shape index (κ3) is 6.03. The summed E-state index contributed by atoms with van der Waals surface area (Å²) in [4.78, 5) is 0. The molecule has 0 bridgehead atoms. The molecule has 0 atom stereocenters. The van der Waals surface area contributed by atoms with Crippen LogP contribution in [0.3, 0.4) is 0 Å². The van der Waals surface area contributed by atoms with E-state index in [1.54, 1.807) is 13.3 Å². The number of para-hydroxylation sites is 1. The fourth-order valence-corrected chi connectivity index (χ4v) is 2.51. The molecule has 0 aliphatic heterocycles. The lowest BCUT2D eigenvalue weighted by Crippen LogP contribution is -2.31. The molecule has 0 amide bonds. The molecule has 2 N–H and O–H groups in total. The van der Waals surface area contributed by atoms with E-state index in [1.165, 1.54) is 0 Å². The van der Waals surface area contributed by atoms with Gasteiger partial charge in [-0.05, 0) is 49.0 Å². The van der Waals surface area contributed by atoms with E-state index in [-0.39, 0.29) is 0 Å². The highest BCUT2D eigenvalue weighted by Crippen LogP contribution is 2.30. The van der Waals surface area contributed by atoms with Crippen molar-refractivity contribution in [1.82, 2.24) is 10.7 Å². The molecule has 0 aromatic heterocycles. The minimum absolute atomic E-state index is 0.428. The molecule has 0 heterocycles. The molecule has 25 heavy (non-hydrogen) atoms. The summed E-state index contributed by atoms with van der Waals surface area (Å²) in [5.74, 6) is 1.28. The first-order valence-corrected chi connectivity index (χ1v) is 8.95. The van der Waals surface area contributed by atoms with Gasteiger partial charge < -0.3 is 14.8 Å². The standard InChI is InChI=1S/C18H20BrN3O2S/c1-3-20-18(25)22-21-11-14-5-4-6-16(23-2)17(14)24-12-13-7-9-15(19)10-8-13/h4-11H,3,12H2,1-2H3,(H2,20,22,25)/b21-11-. The van der Waals surface area contributed by atoms with Crippen molar-refractivity contribution in [2.75, 3.05) is 13.7 Å². The van der Waals surface area contributed by atoms with Crippen LogP contribution in [-0.2, 0) is 6.61 Å². The smallest absolute Gasteiger partial charge is 0.186 e. The van der Waals surface area contributed by atoms with Gasteiger partial charge in [-0.3, -0.25) is 5.43 Å².